The molecule has 27 heavy (non-hydrogen) atoms. The van der Waals surface area contributed by atoms with Crippen molar-refractivity contribution in [2.45, 2.75) is 27.2 Å². The minimum Gasteiger partial charge on any atom is -0.309 e. The predicted octanol–water partition coefficient (Wildman–Crippen LogP) is 3.25. The van der Waals surface area contributed by atoms with E-state index < -0.39 is 0 Å². The molecule has 0 fully saturated rings. The van der Waals surface area contributed by atoms with E-state index in [9.17, 15) is 0 Å². The average Bonchev–Trinajstić information content (AvgIpc) is 3.20. The molecule has 0 saturated heterocycles. The van der Waals surface area contributed by atoms with E-state index >= 15 is 0 Å². The van der Waals surface area contributed by atoms with E-state index in [1.54, 1.807) is 17.1 Å². The summed E-state index contributed by atoms with van der Waals surface area (Å²) in [5, 5.41) is 16.0. The van der Waals surface area contributed by atoms with Gasteiger partial charge in [-0.15, -0.1) is 10.2 Å². The lowest BCUT2D eigenvalue weighted by Gasteiger charge is -2.16. The number of aryl methyl sites for hydroxylation is 1. The summed E-state index contributed by atoms with van der Waals surface area (Å²) in [4.78, 5) is 8.90. The molecule has 4 aromatic rings. The number of pyridine rings is 1. The Balaban J connectivity index is 1.64. The van der Waals surface area contributed by atoms with Crippen molar-refractivity contribution in [1.29, 1.82) is 0 Å². The van der Waals surface area contributed by atoms with E-state index in [1.807, 2.05) is 41.9 Å². The second-order valence-corrected chi connectivity index (χ2v) is 7.73. The Labute approximate surface area is 157 Å². The number of hydrogen-bond acceptors (Lipinski definition) is 6. The predicted molar refractivity (Wildman–Crippen MR) is 104 cm³/mol. The maximum atomic E-state index is 4.61. The fourth-order valence-electron chi connectivity index (χ4n) is 2.89. The first-order valence-electron chi connectivity index (χ1n) is 8.81. The molecule has 0 atom stereocenters. The third-order valence-corrected chi connectivity index (χ3v) is 4.18. The van der Waals surface area contributed by atoms with E-state index in [-0.39, 0.29) is 5.41 Å². The van der Waals surface area contributed by atoms with Gasteiger partial charge in [-0.3, -0.25) is 9.08 Å². The zero-order valence-electron chi connectivity index (χ0n) is 15.9. The van der Waals surface area contributed by atoms with Gasteiger partial charge in [0.2, 0.25) is 5.95 Å². The molecule has 0 aliphatic rings. The number of nitrogens with one attached hydrogen (secondary N) is 1. The van der Waals surface area contributed by atoms with Crippen LogP contribution in [-0.4, -0.2) is 34.3 Å². The van der Waals surface area contributed by atoms with Gasteiger partial charge in [0.25, 0.3) is 0 Å². The lowest BCUT2D eigenvalue weighted by molar-refractivity contribution is 0.399. The summed E-state index contributed by atoms with van der Waals surface area (Å²) in [6.45, 7) is 6.58. The van der Waals surface area contributed by atoms with Gasteiger partial charge in [0, 0.05) is 37.5 Å². The molecule has 4 rings (SSSR count). The Bertz CT molecular complexity index is 1090. The van der Waals surface area contributed by atoms with Crippen molar-refractivity contribution >= 4 is 17.4 Å². The molecule has 0 unspecified atom stereocenters. The first-order chi connectivity index (χ1) is 12.9. The van der Waals surface area contributed by atoms with Crippen LogP contribution in [-0.2, 0) is 13.5 Å². The van der Waals surface area contributed by atoms with Crippen LogP contribution in [0.15, 0.2) is 42.9 Å². The van der Waals surface area contributed by atoms with Crippen molar-refractivity contribution in [3.63, 3.8) is 0 Å². The molecule has 0 spiro atoms. The van der Waals surface area contributed by atoms with Crippen molar-refractivity contribution in [3.05, 3.63) is 48.7 Å². The van der Waals surface area contributed by atoms with E-state index in [1.165, 1.54) is 0 Å². The van der Waals surface area contributed by atoms with Crippen molar-refractivity contribution in [2.24, 2.45) is 12.5 Å². The van der Waals surface area contributed by atoms with Gasteiger partial charge in [-0.1, -0.05) is 20.8 Å². The average molecular weight is 362 g/mol. The van der Waals surface area contributed by atoms with Crippen LogP contribution in [0, 0.1) is 5.41 Å². The van der Waals surface area contributed by atoms with Gasteiger partial charge in [-0.2, -0.15) is 5.10 Å². The largest absolute Gasteiger partial charge is 0.309 e. The molecule has 0 amide bonds. The summed E-state index contributed by atoms with van der Waals surface area (Å²) in [5.41, 5.74) is 2.75. The molecular weight excluding hydrogens is 340 g/mol. The van der Waals surface area contributed by atoms with Crippen LogP contribution in [0.1, 0.15) is 26.6 Å². The monoisotopic (exact) mass is 362 g/mol. The van der Waals surface area contributed by atoms with E-state index in [2.05, 4.69) is 51.4 Å². The lowest BCUT2D eigenvalue weighted by atomic mass is 9.92. The number of anilines is 2. The molecule has 0 aromatic carbocycles. The molecule has 138 valence electrons. The minimum absolute atomic E-state index is 0.153. The molecule has 0 radical (unpaired) electrons. The number of hydrogen-bond donors (Lipinski definition) is 1. The number of nitrogens with zero attached hydrogens (tertiary/aromatic N) is 7. The van der Waals surface area contributed by atoms with Gasteiger partial charge < -0.3 is 5.32 Å². The maximum Gasteiger partial charge on any atom is 0.228 e. The standard InChI is InChI=1S/C19H22N8/c1-19(2,3)12-17-25-24-16-11-13(7-10-27(16)17)14-5-8-20-18(22-14)23-15-6-9-21-26(15)4/h5-11H,12H2,1-4H3,(H,20,22,23). The molecule has 8 heteroatoms. The zero-order chi connectivity index (χ0) is 19.0. The summed E-state index contributed by atoms with van der Waals surface area (Å²) >= 11 is 0. The molecule has 4 heterocycles. The molecule has 4 aromatic heterocycles. The number of rotatable bonds is 4. The quantitative estimate of drug-likeness (QED) is 0.600. The first kappa shape index (κ1) is 17.1. The third kappa shape index (κ3) is 3.64. The van der Waals surface area contributed by atoms with Crippen molar-refractivity contribution in [2.75, 3.05) is 5.32 Å². The zero-order valence-corrected chi connectivity index (χ0v) is 15.9. The van der Waals surface area contributed by atoms with Crippen LogP contribution in [0.25, 0.3) is 16.9 Å². The van der Waals surface area contributed by atoms with E-state index in [0.717, 1.165) is 35.0 Å². The Morgan fingerprint density at radius 3 is 2.67 bits per heavy atom. The summed E-state index contributed by atoms with van der Waals surface area (Å²) in [6.07, 6.45) is 6.32. The van der Waals surface area contributed by atoms with Crippen molar-refractivity contribution in [1.82, 2.24) is 34.3 Å². The van der Waals surface area contributed by atoms with Gasteiger partial charge in [0.15, 0.2) is 5.65 Å². The topological polar surface area (TPSA) is 85.8 Å². The van der Waals surface area contributed by atoms with Crippen molar-refractivity contribution < 1.29 is 0 Å². The molecule has 1 N–H and O–H groups in total. The first-order valence-corrected chi connectivity index (χ1v) is 8.81. The molecule has 0 aliphatic heterocycles. The van der Waals surface area contributed by atoms with Crippen LogP contribution in [0.5, 0.6) is 0 Å². The highest BCUT2D eigenvalue weighted by Crippen LogP contribution is 2.23. The van der Waals surface area contributed by atoms with Crippen LogP contribution in [0.2, 0.25) is 0 Å². The normalized spacial score (nSPS) is 11.9. The molecule has 8 nitrogen and oxygen atoms in total. The third-order valence-electron chi connectivity index (χ3n) is 4.18. The molecule has 0 saturated carbocycles. The van der Waals surface area contributed by atoms with Gasteiger partial charge in [0.1, 0.15) is 11.6 Å². The summed E-state index contributed by atoms with van der Waals surface area (Å²) in [7, 11) is 1.86. The Hall–Kier alpha value is -3.29. The van der Waals surface area contributed by atoms with Crippen LogP contribution in [0.3, 0.4) is 0 Å². The Morgan fingerprint density at radius 2 is 1.93 bits per heavy atom. The summed E-state index contributed by atoms with van der Waals surface area (Å²) < 4.78 is 3.76. The number of aromatic nitrogens is 7. The van der Waals surface area contributed by atoms with E-state index in [4.69, 9.17) is 0 Å². The maximum absolute atomic E-state index is 4.61. The minimum atomic E-state index is 0.153. The highest BCUT2D eigenvalue weighted by atomic mass is 15.3. The van der Waals surface area contributed by atoms with Crippen molar-refractivity contribution in [3.8, 4) is 11.3 Å². The van der Waals surface area contributed by atoms with Gasteiger partial charge >= 0.3 is 0 Å². The highest BCUT2D eigenvalue weighted by molar-refractivity contribution is 5.65. The van der Waals surface area contributed by atoms with Gasteiger partial charge in [-0.05, 0) is 23.6 Å². The lowest BCUT2D eigenvalue weighted by Crippen LogP contribution is -2.11. The van der Waals surface area contributed by atoms with Gasteiger partial charge in [0.05, 0.1) is 11.9 Å². The molecule has 0 bridgehead atoms. The fourth-order valence-corrected chi connectivity index (χ4v) is 2.89. The van der Waals surface area contributed by atoms with E-state index in [0.29, 0.717) is 5.95 Å². The van der Waals surface area contributed by atoms with Gasteiger partial charge in [-0.25, -0.2) is 9.97 Å². The highest BCUT2D eigenvalue weighted by Gasteiger charge is 2.16. The number of fused-ring (bicyclic) bond motifs is 1. The smallest absolute Gasteiger partial charge is 0.228 e. The second-order valence-electron chi connectivity index (χ2n) is 7.73. The Morgan fingerprint density at radius 1 is 1.07 bits per heavy atom. The Kier molecular flexibility index (Phi) is 4.10. The SMILES string of the molecule is Cn1nccc1Nc1nccc(-c2ccn3c(CC(C)(C)C)nnc3c2)n1. The summed E-state index contributed by atoms with van der Waals surface area (Å²) in [5.74, 6) is 2.31. The molecule has 0 aliphatic carbocycles. The summed E-state index contributed by atoms with van der Waals surface area (Å²) in [6, 6.07) is 7.77. The van der Waals surface area contributed by atoms with Crippen LogP contribution < -0.4 is 5.32 Å². The fraction of sp³-hybridized carbons (Fsp3) is 0.316. The molecular formula is C19H22N8. The van der Waals surface area contributed by atoms with Crippen LogP contribution in [0.4, 0.5) is 11.8 Å². The van der Waals surface area contributed by atoms with Crippen LogP contribution >= 0.6 is 0 Å². The second kappa shape index (κ2) is 6.46.